The van der Waals surface area contributed by atoms with E-state index < -0.39 is 0 Å². The smallest absolute Gasteiger partial charge is 0.254 e. The van der Waals surface area contributed by atoms with Gasteiger partial charge in [0.25, 0.3) is 5.91 Å². The summed E-state index contributed by atoms with van der Waals surface area (Å²) in [6, 6.07) is 8.01. The minimum atomic E-state index is -0.134. The van der Waals surface area contributed by atoms with Crippen molar-refractivity contribution in [1.29, 1.82) is 0 Å². The van der Waals surface area contributed by atoms with Crippen molar-refractivity contribution >= 4 is 11.8 Å². The van der Waals surface area contributed by atoms with Crippen molar-refractivity contribution in [2.75, 3.05) is 20.1 Å². The van der Waals surface area contributed by atoms with Gasteiger partial charge in [-0.2, -0.15) is 0 Å². The Morgan fingerprint density at radius 2 is 1.78 bits per heavy atom. The highest BCUT2D eigenvalue weighted by Crippen LogP contribution is 2.32. The van der Waals surface area contributed by atoms with E-state index in [0.717, 1.165) is 6.42 Å². The molecule has 4 nitrogen and oxygen atoms in total. The number of rotatable bonds is 6. The summed E-state index contributed by atoms with van der Waals surface area (Å²) in [5, 5.41) is 2.58. The Morgan fingerprint density at radius 1 is 1.13 bits per heavy atom. The number of hydrogen-bond donors (Lipinski definition) is 1. The van der Waals surface area contributed by atoms with Crippen LogP contribution in [0.4, 0.5) is 0 Å². The molecule has 1 aliphatic rings. The number of benzene rings is 1. The zero-order valence-electron chi connectivity index (χ0n) is 14.3. The van der Waals surface area contributed by atoms with E-state index in [0.29, 0.717) is 18.0 Å². The summed E-state index contributed by atoms with van der Waals surface area (Å²) in [5.41, 5.74) is 2.01. The van der Waals surface area contributed by atoms with Crippen molar-refractivity contribution in [3.63, 3.8) is 0 Å². The molecule has 0 unspecified atom stereocenters. The molecule has 0 aromatic heterocycles. The zero-order chi connectivity index (χ0) is 16.7. The quantitative estimate of drug-likeness (QED) is 0.875. The van der Waals surface area contributed by atoms with Crippen LogP contribution in [-0.4, -0.2) is 36.9 Å². The first-order valence-corrected chi connectivity index (χ1v) is 8.75. The molecular formula is C19H28N2O2. The average Bonchev–Trinajstić information content (AvgIpc) is 2.61. The van der Waals surface area contributed by atoms with Crippen molar-refractivity contribution in [2.24, 2.45) is 0 Å². The molecule has 2 rings (SSSR count). The fourth-order valence-electron chi connectivity index (χ4n) is 3.29. The number of amides is 2. The molecular weight excluding hydrogens is 288 g/mol. The Morgan fingerprint density at radius 3 is 2.35 bits per heavy atom. The minimum absolute atomic E-state index is 0.0642. The third-order valence-electron chi connectivity index (χ3n) is 4.63. The summed E-state index contributed by atoms with van der Waals surface area (Å²) in [6.07, 6.45) is 7.31. The Balaban J connectivity index is 2.06. The number of nitrogens with one attached hydrogen (secondary N) is 1. The summed E-state index contributed by atoms with van der Waals surface area (Å²) in [4.78, 5) is 25.8. The van der Waals surface area contributed by atoms with Crippen molar-refractivity contribution < 1.29 is 9.59 Å². The van der Waals surface area contributed by atoms with Crippen LogP contribution >= 0.6 is 0 Å². The van der Waals surface area contributed by atoms with Gasteiger partial charge in [0, 0.05) is 19.2 Å². The first kappa shape index (κ1) is 17.5. The summed E-state index contributed by atoms with van der Waals surface area (Å²) in [7, 11) is 1.59. The molecule has 0 atom stereocenters. The first-order chi connectivity index (χ1) is 11.2. The molecule has 4 heteroatoms. The molecule has 1 aliphatic carbocycles. The topological polar surface area (TPSA) is 49.4 Å². The van der Waals surface area contributed by atoms with Crippen LogP contribution in [0.25, 0.3) is 0 Å². The van der Waals surface area contributed by atoms with E-state index in [1.54, 1.807) is 11.9 Å². The monoisotopic (exact) mass is 316 g/mol. The summed E-state index contributed by atoms with van der Waals surface area (Å²) in [5.74, 6) is 0.446. The van der Waals surface area contributed by atoms with Crippen LogP contribution in [0.1, 0.15) is 67.3 Å². The Hall–Kier alpha value is -1.84. The van der Waals surface area contributed by atoms with Gasteiger partial charge >= 0.3 is 0 Å². The molecule has 0 heterocycles. The SMILES string of the molecule is CCCN(CC(=O)NC)C(=O)c1ccc(C2CCCCC2)cc1. The lowest BCUT2D eigenvalue weighted by Gasteiger charge is -2.23. The number of carbonyl (C=O) groups excluding carboxylic acids is 2. The van der Waals surface area contributed by atoms with E-state index in [-0.39, 0.29) is 18.4 Å². The predicted octanol–water partition coefficient (Wildman–Crippen LogP) is 3.33. The second kappa shape index (κ2) is 8.70. The van der Waals surface area contributed by atoms with E-state index >= 15 is 0 Å². The van der Waals surface area contributed by atoms with Crippen LogP contribution in [0.5, 0.6) is 0 Å². The van der Waals surface area contributed by atoms with E-state index in [9.17, 15) is 9.59 Å². The highest BCUT2D eigenvalue weighted by atomic mass is 16.2. The maximum atomic E-state index is 12.6. The molecule has 1 aromatic rings. The molecule has 0 saturated heterocycles. The van der Waals surface area contributed by atoms with Gasteiger partial charge in [-0.25, -0.2) is 0 Å². The molecule has 0 radical (unpaired) electrons. The van der Waals surface area contributed by atoms with Crippen LogP contribution in [0, 0.1) is 0 Å². The van der Waals surface area contributed by atoms with Gasteiger partial charge in [0.1, 0.15) is 0 Å². The molecule has 23 heavy (non-hydrogen) atoms. The summed E-state index contributed by atoms with van der Waals surface area (Å²) in [6.45, 7) is 2.72. The molecule has 1 saturated carbocycles. The van der Waals surface area contributed by atoms with Gasteiger partial charge in [-0.05, 0) is 42.9 Å². The highest BCUT2D eigenvalue weighted by Gasteiger charge is 2.19. The van der Waals surface area contributed by atoms with Gasteiger partial charge in [-0.3, -0.25) is 9.59 Å². The van der Waals surface area contributed by atoms with Crippen LogP contribution < -0.4 is 5.32 Å². The molecule has 1 N–H and O–H groups in total. The minimum Gasteiger partial charge on any atom is -0.358 e. The zero-order valence-corrected chi connectivity index (χ0v) is 14.3. The van der Waals surface area contributed by atoms with E-state index in [2.05, 4.69) is 17.4 Å². The van der Waals surface area contributed by atoms with E-state index in [1.807, 2.05) is 19.1 Å². The van der Waals surface area contributed by atoms with Crippen molar-refractivity contribution in [3.8, 4) is 0 Å². The van der Waals surface area contributed by atoms with Gasteiger partial charge in [0.05, 0.1) is 6.54 Å². The van der Waals surface area contributed by atoms with Crippen LogP contribution in [0.2, 0.25) is 0 Å². The van der Waals surface area contributed by atoms with E-state index in [1.165, 1.54) is 37.7 Å². The maximum Gasteiger partial charge on any atom is 0.254 e. The second-order valence-corrected chi connectivity index (χ2v) is 6.36. The van der Waals surface area contributed by atoms with Crippen molar-refractivity contribution in [1.82, 2.24) is 10.2 Å². The van der Waals surface area contributed by atoms with Crippen LogP contribution in [-0.2, 0) is 4.79 Å². The molecule has 0 bridgehead atoms. The lowest BCUT2D eigenvalue weighted by atomic mass is 9.84. The van der Waals surface area contributed by atoms with Crippen LogP contribution in [0.15, 0.2) is 24.3 Å². The second-order valence-electron chi connectivity index (χ2n) is 6.36. The lowest BCUT2D eigenvalue weighted by Crippen LogP contribution is -2.40. The molecule has 126 valence electrons. The van der Waals surface area contributed by atoms with Crippen molar-refractivity contribution in [2.45, 2.75) is 51.4 Å². The van der Waals surface area contributed by atoms with Gasteiger partial charge in [0.2, 0.25) is 5.91 Å². The van der Waals surface area contributed by atoms with E-state index in [4.69, 9.17) is 0 Å². The molecule has 0 spiro atoms. The predicted molar refractivity (Wildman–Crippen MR) is 92.5 cm³/mol. The number of carbonyl (C=O) groups is 2. The normalized spacial score (nSPS) is 15.2. The molecule has 2 amide bonds. The van der Waals surface area contributed by atoms with Crippen molar-refractivity contribution in [3.05, 3.63) is 35.4 Å². The fraction of sp³-hybridized carbons (Fsp3) is 0.579. The van der Waals surface area contributed by atoms with Gasteiger partial charge in [0.15, 0.2) is 0 Å². The number of hydrogen-bond acceptors (Lipinski definition) is 2. The Kier molecular flexibility index (Phi) is 6.63. The van der Waals surface area contributed by atoms with Gasteiger partial charge in [-0.1, -0.05) is 38.3 Å². The average molecular weight is 316 g/mol. The molecule has 1 aromatic carbocycles. The van der Waals surface area contributed by atoms with Crippen LogP contribution in [0.3, 0.4) is 0 Å². The Labute approximate surface area is 139 Å². The molecule has 1 fully saturated rings. The number of nitrogens with zero attached hydrogens (tertiary/aromatic N) is 1. The first-order valence-electron chi connectivity index (χ1n) is 8.75. The lowest BCUT2D eigenvalue weighted by molar-refractivity contribution is -0.121. The standard InChI is InChI=1S/C19H28N2O2/c1-3-13-21(14-18(22)20-2)19(23)17-11-9-16(10-12-17)15-7-5-4-6-8-15/h9-12,15H,3-8,13-14H2,1-2H3,(H,20,22). The van der Waals surface area contributed by atoms with Gasteiger partial charge in [-0.15, -0.1) is 0 Å². The maximum absolute atomic E-state index is 12.6. The third-order valence-corrected chi connectivity index (χ3v) is 4.63. The number of likely N-dealkylation sites (N-methyl/N-ethyl adjacent to an activating group) is 1. The Bertz CT molecular complexity index is 519. The third kappa shape index (κ3) is 4.81. The highest BCUT2D eigenvalue weighted by molar-refractivity contribution is 5.96. The summed E-state index contributed by atoms with van der Waals surface area (Å²) < 4.78 is 0. The summed E-state index contributed by atoms with van der Waals surface area (Å²) >= 11 is 0. The fourth-order valence-corrected chi connectivity index (χ4v) is 3.29. The molecule has 0 aliphatic heterocycles. The largest absolute Gasteiger partial charge is 0.358 e. The van der Waals surface area contributed by atoms with Gasteiger partial charge < -0.3 is 10.2 Å².